The van der Waals surface area contributed by atoms with Gasteiger partial charge in [-0.3, -0.25) is 13.8 Å². The van der Waals surface area contributed by atoms with E-state index in [1.807, 2.05) is 0 Å². The normalized spacial score (nSPS) is 10.8. The number of halogens is 2. The van der Waals surface area contributed by atoms with Gasteiger partial charge in [-0.25, -0.2) is 0 Å². The predicted molar refractivity (Wildman–Crippen MR) is 390 cm³/mol. The Hall–Kier alpha value is -10.7. The van der Waals surface area contributed by atoms with Crippen LogP contribution in [-0.4, -0.2) is 16.4 Å². The number of benzene rings is 12. The van der Waals surface area contributed by atoms with Gasteiger partial charge in [0.15, 0.2) is 12.7 Å². The third-order valence-electron chi connectivity index (χ3n) is 16.5. The van der Waals surface area contributed by atoms with Gasteiger partial charge in [0.05, 0.1) is 6.84 Å². The van der Waals surface area contributed by atoms with Crippen molar-refractivity contribution in [3.63, 3.8) is 0 Å². The summed E-state index contributed by atoms with van der Waals surface area (Å²) in [5.41, 5.74) is 21.4. The summed E-state index contributed by atoms with van der Waals surface area (Å²) < 4.78 is 33.8. The molecule has 1 aliphatic rings. The van der Waals surface area contributed by atoms with E-state index in [-0.39, 0.29) is 38.9 Å². The van der Waals surface area contributed by atoms with Crippen LogP contribution in [0, 0.1) is 24.6 Å². The molecule has 94 heavy (non-hydrogen) atoms. The van der Waals surface area contributed by atoms with Gasteiger partial charge in [0.1, 0.15) is 11.5 Å². The molecular formula is C86H68F2IrN3OP. The Morgan fingerprint density at radius 1 is 0.447 bits per heavy atom. The van der Waals surface area contributed by atoms with Gasteiger partial charge < -0.3 is 10.1 Å². The third kappa shape index (κ3) is 14.3. The monoisotopic (exact) mass is 1420 g/mol. The number of aliphatic hydroxyl groups excluding tert-OH is 1. The van der Waals surface area contributed by atoms with Crippen molar-refractivity contribution in [3.05, 3.63) is 363 Å². The first-order valence-electron chi connectivity index (χ1n) is 30.8. The molecule has 12 aromatic carbocycles. The molecular weight excluding hydrogens is 1350 g/mol. The Morgan fingerprint density at radius 2 is 0.798 bits per heavy atom. The second-order valence-corrected chi connectivity index (χ2v) is 22.3. The minimum Gasteiger partial charge on any atom is -0.506 e. The summed E-state index contributed by atoms with van der Waals surface area (Å²) in [7, 11) is 1.67. The van der Waals surface area contributed by atoms with Crippen molar-refractivity contribution < 1.29 is 38.6 Å². The van der Waals surface area contributed by atoms with Crippen LogP contribution in [0.1, 0.15) is 24.2 Å². The van der Waals surface area contributed by atoms with E-state index in [4.69, 9.17) is 6.39 Å². The predicted octanol–water partition coefficient (Wildman–Crippen LogP) is 22.6. The maximum absolute atomic E-state index is 13.2. The number of aryl methyl sites for hydroxylation is 1. The van der Waals surface area contributed by atoms with Crippen LogP contribution in [0.3, 0.4) is 0 Å². The Balaban J connectivity index is 0.000000192. The maximum atomic E-state index is 13.2. The van der Waals surface area contributed by atoms with Gasteiger partial charge in [-0.1, -0.05) is 244 Å². The molecule has 0 saturated carbocycles. The molecule has 0 aliphatic carbocycles. The van der Waals surface area contributed by atoms with E-state index < -0.39 is 11.6 Å². The molecule has 1 aliphatic heterocycles. The number of pyridine rings is 3. The Bertz CT molecular complexity index is 4500. The molecule has 3 aromatic heterocycles. The molecule has 0 saturated heterocycles. The first-order chi connectivity index (χ1) is 45.7. The van der Waals surface area contributed by atoms with E-state index in [9.17, 15) is 8.78 Å². The van der Waals surface area contributed by atoms with Gasteiger partial charge in [0, 0.05) is 61.3 Å². The molecule has 15 aromatic rings. The van der Waals surface area contributed by atoms with E-state index in [0.717, 1.165) is 18.7 Å². The fourth-order valence-electron chi connectivity index (χ4n) is 12.2. The Labute approximate surface area is 567 Å². The maximum Gasteiger partial charge on any atom is 0.216 e. The number of aromatic nitrogens is 3. The van der Waals surface area contributed by atoms with Gasteiger partial charge in [-0.2, -0.15) is 14.4 Å². The van der Waals surface area contributed by atoms with Gasteiger partial charge in [-0.05, 0) is 178 Å². The van der Waals surface area contributed by atoms with E-state index in [1.165, 1.54) is 121 Å². The van der Waals surface area contributed by atoms with E-state index in [0.29, 0.717) is 11.4 Å². The topological polar surface area (TPSA) is 49.9 Å². The fourth-order valence-corrected chi connectivity index (χ4v) is 12.2. The number of hydrogen-bond acceptors (Lipinski definition) is 3. The average Bonchev–Trinajstić information content (AvgIpc) is 1.25. The van der Waals surface area contributed by atoms with Crippen LogP contribution < -0.4 is 4.57 Å². The molecule has 461 valence electrons. The zero-order valence-corrected chi connectivity index (χ0v) is 54.5. The van der Waals surface area contributed by atoms with Gasteiger partial charge >= 0.3 is 0 Å². The molecule has 1 N–H and O–H groups in total. The summed E-state index contributed by atoms with van der Waals surface area (Å²) in [5.74, 6) is -1.28. The van der Waals surface area contributed by atoms with Crippen molar-refractivity contribution in [1.29, 1.82) is 1.28 Å². The molecule has 8 heteroatoms. The molecule has 0 fully saturated rings. The number of rotatable bonds is 8. The van der Waals surface area contributed by atoms with E-state index in [1.54, 1.807) is 58.6 Å². The zero-order valence-electron chi connectivity index (χ0n) is 52.0. The quantitative estimate of drug-likeness (QED) is 0.0542. The molecule has 4 nitrogen and oxygen atoms in total. The molecule has 16 rings (SSSR count). The van der Waals surface area contributed by atoms with Crippen LogP contribution in [0.25, 0.3) is 127 Å². The van der Waals surface area contributed by atoms with Gasteiger partial charge in [0.2, 0.25) is 5.69 Å². The molecule has 1 unspecified atom stereocenters. The first-order valence-corrected chi connectivity index (χ1v) is 30.3. The summed E-state index contributed by atoms with van der Waals surface area (Å²) in [6.45, 7) is 6.51. The Kier molecular flexibility index (Phi) is 21.1. The largest absolute Gasteiger partial charge is 0.506 e. The molecule has 1 radical (unpaired) electrons. The van der Waals surface area contributed by atoms with Crippen molar-refractivity contribution in [1.82, 2.24) is 9.97 Å². The number of fused-ring (bicyclic) bond motifs is 9. The van der Waals surface area contributed by atoms with E-state index >= 15 is 0 Å². The summed E-state index contributed by atoms with van der Waals surface area (Å²) in [4.78, 5) is 7.77. The van der Waals surface area contributed by atoms with Crippen molar-refractivity contribution >= 4 is 47.9 Å². The van der Waals surface area contributed by atoms with Crippen LogP contribution in [0.2, 0.25) is 0 Å². The summed E-state index contributed by atoms with van der Waals surface area (Å²) in [6, 6.07) is 108. The van der Waals surface area contributed by atoms with Gasteiger partial charge in [0.25, 0.3) is 0 Å². The molecule has 0 bridgehead atoms. The number of hydrogen-bond donors (Lipinski definition) is 1. The minimum atomic E-state index is -0.649. The van der Waals surface area contributed by atoms with E-state index in [2.05, 4.69) is 295 Å². The second kappa shape index (κ2) is 30.6. The van der Waals surface area contributed by atoms with Crippen molar-refractivity contribution in [2.75, 3.05) is 0 Å². The van der Waals surface area contributed by atoms with Crippen molar-refractivity contribution in [2.24, 2.45) is 0 Å². The van der Waals surface area contributed by atoms with Crippen LogP contribution in [0.15, 0.2) is 328 Å². The van der Waals surface area contributed by atoms with Crippen LogP contribution >= 0.6 is 9.84 Å². The summed E-state index contributed by atoms with van der Waals surface area (Å²) in [5, 5.41) is 16.3. The number of nitrogens with zero attached hydrogens (tertiary/aromatic N) is 3. The zero-order chi connectivity index (χ0) is 64.0. The van der Waals surface area contributed by atoms with Crippen molar-refractivity contribution in [3.8, 4) is 89.3 Å². The molecule has 0 spiro atoms. The molecule has 0 amide bonds. The summed E-state index contributed by atoms with van der Waals surface area (Å²) in [6.07, 6.45) is 5.31. The minimum absolute atomic E-state index is 0. The average molecular weight is 1420 g/mol. The standard InChI is InChI=1S/C54H36.C13H12N.C11H6F2N.C7H7NO.CH4.Ir.H3P/c1-7-19-37(20-8-1)43-31-49-50(32-44(43)38-21-9-2-10-22-38)52-34-46(40-25-13-4-14-26-40)48(42-29-17-6-18-30-42)36-54(52)53-35-47(41-27-15-5-16-28-41)45(33-51(49)53)39-23-11-3-12-24-39;1-10-5-4-8-14-9-11-6-2-3-7-12(11)13(10)14;12-8-4-5-9(10(13)7-8)11-3-1-2-6-14-11;1-6(9)7-4-2-3-5-8-7;;;/h1-36H;2-8H,9H2,1H3;1-4,6-7H;2-5,9H,1H2;1H4;;1H3/q;+1;-1;;;;/i;;;;;;1T. The molecule has 1 atom stereocenters. The first kappa shape index (κ1) is 64.9. The van der Waals surface area contributed by atoms with Crippen LogP contribution in [0.4, 0.5) is 8.78 Å². The van der Waals surface area contributed by atoms with Crippen LogP contribution in [-0.2, 0) is 26.7 Å². The smallest absolute Gasteiger partial charge is 0.216 e. The molecule has 4 heterocycles. The number of aliphatic hydroxyl groups is 1. The SMILES string of the molecule is C.C=C(O)c1ccccn1.Cc1ccc[n+]2c1-c1ccccc1C2.Fc1c[c-]c(-c2ccccn2)c(F)c1.[3H]P.[Ir].c1ccc(-c2cc3c4cc(-c5ccccc5)c(-c5ccccc5)cc4c4cc(-c5ccccc5)c(-c5ccccc5)cc4c3cc2-c2ccccc2)cc1. The third-order valence-corrected chi connectivity index (χ3v) is 16.5. The second-order valence-electron chi connectivity index (χ2n) is 22.3. The van der Waals surface area contributed by atoms with Crippen LogP contribution in [0.5, 0.6) is 0 Å². The van der Waals surface area contributed by atoms with Gasteiger partial charge in [-0.15, -0.1) is 12.1 Å². The van der Waals surface area contributed by atoms with Crippen molar-refractivity contribution in [2.45, 2.75) is 20.9 Å². The fraction of sp³-hybridized carbons (Fsp3) is 0.0349. The summed E-state index contributed by atoms with van der Waals surface area (Å²) >= 11 is 0. The Morgan fingerprint density at radius 3 is 1.13 bits per heavy atom.